The molecular formula is C18H23N7. The number of H-pyrrole nitrogens is 1. The average Bonchev–Trinajstić information content (AvgIpc) is 3.10. The van der Waals surface area contributed by atoms with Crippen molar-refractivity contribution in [1.29, 1.82) is 0 Å². The van der Waals surface area contributed by atoms with Gasteiger partial charge in [-0.3, -0.25) is 10.00 Å². The van der Waals surface area contributed by atoms with Crippen LogP contribution in [0.4, 0.5) is 5.95 Å². The number of nitrogens with one attached hydrogen (secondary N) is 1. The minimum atomic E-state index is 0.461. The van der Waals surface area contributed by atoms with Crippen LogP contribution in [0.3, 0.4) is 0 Å². The second kappa shape index (κ2) is 6.76. The first kappa shape index (κ1) is 16.0. The molecule has 3 aromatic rings. The number of nitrogens with zero attached hydrogens (tertiary/aromatic N) is 6. The predicted molar refractivity (Wildman–Crippen MR) is 97.5 cm³/mol. The Labute approximate surface area is 147 Å². The first-order valence-electron chi connectivity index (χ1n) is 8.69. The normalized spacial score (nSPS) is 18.6. The summed E-state index contributed by atoms with van der Waals surface area (Å²) in [5.41, 5.74) is 3.19. The number of likely N-dealkylation sites (tertiary alicyclic amines) is 1. The average molecular weight is 337 g/mol. The van der Waals surface area contributed by atoms with Crippen LogP contribution in [0.2, 0.25) is 0 Å². The van der Waals surface area contributed by atoms with Crippen LogP contribution in [0, 0.1) is 0 Å². The van der Waals surface area contributed by atoms with Gasteiger partial charge in [0.05, 0.1) is 6.20 Å². The van der Waals surface area contributed by atoms with Gasteiger partial charge in [-0.15, -0.1) is 0 Å². The fraction of sp³-hybridized carbons (Fsp3) is 0.444. The van der Waals surface area contributed by atoms with Gasteiger partial charge in [0.25, 0.3) is 0 Å². The van der Waals surface area contributed by atoms with Crippen LogP contribution >= 0.6 is 0 Å². The number of hydrogen-bond acceptors (Lipinski definition) is 6. The lowest BCUT2D eigenvalue weighted by Gasteiger charge is -2.32. The first-order chi connectivity index (χ1) is 12.2. The van der Waals surface area contributed by atoms with Gasteiger partial charge in [-0.05, 0) is 31.5 Å². The van der Waals surface area contributed by atoms with Crippen molar-refractivity contribution in [2.45, 2.75) is 25.3 Å². The van der Waals surface area contributed by atoms with Gasteiger partial charge in [-0.1, -0.05) is 0 Å². The van der Waals surface area contributed by atoms with Crippen molar-refractivity contribution in [3.63, 3.8) is 0 Å². The molecule has 4 rings (SSSR count). The molecule has 0 spiro atoms. The molecule has 0 aromatic carbocycles. The summed E-state index contributed by atoms with van der Waals surface area (Å²) in [7, 11) is 3.90. The predicted octanol–water partition coefficient (Wildman–Crippen LogP) is 2.19. The summed E-state index contributed by atoms with van der Waals surface area (Å²) < 4.78 is 0. The summed E-state index contributed by atoms with van der Waals surface area (Å²) in [5.74, 6) is 1.21. The second-order valence-electron chi connectivity index (χ2n) is 6.90. The van der Waals surface area contributed by atoms with Gasteiger partial charge < -0.3 is 4.90 Å². The van der Waals surface area contributed by atoms with Crippen molar-refractivity contribution in [2.24, 2.45) is 0 Å². The first-order valence-corrected chi connectivity index (χ1v) is 8.69. The molecule has 4 heterocycles. The summed E-state index contributed by atoms with van der Waals surface area (Å²) >= 11 is 0. The summed E-state index contributed by atoms with van der Waals surface area (Å²) in [6.45, 7) is 3.01. The van der Waals surface area contributed by atoms with Crippen LogP contribution < -0.4 is 4.90 Å². The highest BCUT2D eigenvalue weighted by Gasteiger charge is 2.23. The number of anilines is 1. The lowest BCUT2D eigenvalue weighted by molar-refractivity contribution is 0.198. The molecule has 7 nitrogen and oxygen atoms in total. The van der Waals surface area contributed by atoms with Crippen LogP contribution in [0.25, 0.3) is 11.0 Å². The monoisotopic (exact) mass is 337 g/mol. The standard InChI is InChI=1S/C18H23N7/c1-24(2)18-19-8-13(9-20-18)11-25-7-3-4-15(12-25)16-6-5-14-10-21-23-17(14)22-16/h5-6,8-10,15H,3-4,7,11-12H2,1-2H3,(H,21,22,23). The van der Waals surface area contributed by atoms with E-state index in [1.807, 2.05) is 37.6 Å². The molecule has 0 radical (unpaired) electrons. The smallest absolute Gasteiger partial charge is 0.224 e. The van der Waals surface area contributed by atoms with Crippen molar-refractivity contribution < 1.29 is 0 Å². The van der Waals surface area contributed by atoms with E-state index < -0.39 is 0 Å². The molecule has 0 saturated carbocycles. The van der Waals surface area contributed by atoms with Gasteiger partial charge >= 0.3 is 0 Å². The van der Waals surface area contributed by atoms with Crippen molar-refractivity contribution in [3.8, 4) is 0 Å². The topological polar surface area (TPSA) is 73.8 Å². The van der Waals surface area contributed by atoms with E-state index >= 15 is 0 Å². The lowest BCUT2D eigenvalue weighted by Crippen LogP contribution is -2.34. The summed E-state index contributed by atoms with van der Waals surface area (Å²) in [5, 5.41) is 8.10. The van der Waals surface area contributed by atoms with E-state index in [-0.39, 0.29) is 0 Å². The summed E-state index contributed by atoms with van der Waals surface area (Å²) in [6.07, 6.45) is 8.04. The molecule has 7 heteroatoms. The van der Waals surface area contributed by atoms with Gasteiger partial charge in [-0.25, -0.2) is 15.0 Å². The number of hydrogen-bond donors (Lipinski definition) is 1. The van der Waals surface area contributed by atoms with Gasteiger partial charge in [0, 0.05) is 62.1 Å². The Morgan fingerprint density at radius 3 is 2.84 bits per heavy atom. The van der Waals surface area contributed by atoms with Crippen molar-refractivity contribution in [3.05, 3.63) is 42.0 Å². The van der Waals surface area contributed by atoms with E-state index in [0.717, 1.165) is 47.9 Å². The molecular weight excluding hydrogens is 314 g/mol. The molecule has 25 heavy (non-hydrogen) atoms. The van der Waals surface area contributed by atoms with E-state index in [9.17, 15) is 0 Å². The van der Waals surface area contributed by atoms with E-state index in [4.69, 9.17) is 4.98 Å². The van der Waals surface area contributed by atoms with Gasteiger partial charge in [0.1, 0.15) is 0 Å². The Kier molecular flexibility index (Phi) is 4.31. The van der Waals surface area contributed by atoms with Crippen LogP contribution in [-0.2, 0) is 6.54 Å². The zero-order valence-corrected chi connectivity index (χ0v) is 14.7. The van der Waals surface area contributed by atoms with E-state index in [1.165, 1.54) is 12.8 Å². The maximum atomic E-state index is 4.76. The van der Waals surface area contributed by atoms with Crippen LogP contribution in [0.15, 0.2) is 30.7 Å². The Balaban J connectivity index is 1.45. The number of piperidine rings is 1. The largest absolute Gasteiger partial charge is 0.347 e. The van der Waals surface area contributed by atoms with Crippen LogP contribution in [0.1, 0.15) is 30.0 Å². The molecule has 130 valence electrons. The third-order valence-electron chi connectivity index (χ3n) is 4.74. The van der Waals surface area contributed by atoms with Crippen molar-refractivity contribution >= 4 is 17.0 Å². The molecule has 1 N–H and O–H groups in total. The van der Waals surface area contributed by atoms with E-state index in [0.29, 0.717) is 5.92 Å². The zero-order chi connectivity index (χ0) is 17.2. The highest BCUT2D eigenvalue weighted by Crippen LogP contribution is 2.27. The molecule has 1 fully saturated rings. The lowest BCUT2D eigenvalue weighted by atomic mass is 9.94. The van der Waals surface area contributed by atoms with Crippen LogP contribution in [-0.4, -0.2) is 57.2 Å². The third-order valence-corrected chi connectivity index (χ3v) is 4.74. The molecule has 1 aliphatic heterocycles. The van der Waals surface area contributed by atoms with Crippen molar-refractivity contribution in [2.75, 3.05) is 32.1 Å². The molecule has 0 bridgehead atoms. The quantitative estimate of drug-likeness (QED) is 0.787. The minimum absolute atomic E-state index is 0.461. The van der Waals surface area contributed by atoms with E-state index in [1.54, 1.807) is 0 Å². The molecule has 1 unspecified atom stereocenters. The van der Waals surface area contributed by atoms with Crippen molar-refractivity contribution in [1.82, 2.24) is 30.0 Å². The maximum absolute atomic E-state index is 4.76. The Hall–Kier alpha value is -2.54. The highest BCUT2D eigenvalue weighted by molar-refractivity contribution is 5.73. The second-order valence-corrected chi connectivity index (χ2v) is 6.90. The number of rotatable bonds is 4. The molecule has 0 amide bonds. The fourth-order valence-electron chi connectivity index (χ4n) is 3.43. The van der Waals surface area contributed by atoms with Crippen LogP contribution in [0.5, 0.6) is 0 Å². The molecule has 1 saturated heterocycles. The Morgan fingerprint density at radius 2 is 2.04 bits per heavy atom. The molecule has 1 atom stereocenters. The zero-order valence-electron chi connectivity index (χ0n) is 14.7. The fourth-order valence-corrected chi connectivity index (χ4v) is 3.43. The minimum Gasteiger partial charge on any atom is -0.347 e. The third kappa shape index (κ3) is 3.46. The Morgan fingerprint density at radius 1 is 1.20 bits per heavy atom. The maximum Gasteiger partial charge on any atom is 0.224 e. The van der Waals surface area contributed by atoms with E-state index in [2.05, 4.69) is 37.2 Å². The Bertz CT molecular complexity index is 840. The molecule has 0 aliphatic carbocycles. The summed E-state index contributed by atoms with van der Waals surface area (Å²) in [4.78, 5) is 18.0. The summed E-state index contributed by atoms with van der Waals surface area (Å²) in [6, 6.07) is 4.24. The van der Waals surface area contributed by atoms with Gasteiger partial charge in [0.2, 0.25) is 5.95 Å². The molecule has 1 aliphatic rings. The van der Waals surface area contributed by atoms with Gasteiger partial charge in [-0.2, -0.15) is 5.10 Å². The molecule has 3 aromatic heterocycles. The number of fused-ring (bicyclic) bond motifs is 1. The van der Waals surface area contributed by atoms with Gasteiger partial charge in [0.15, 0.2) is 5.65 Å². The highest BCUT2D eigenvalue weighted by atomic mass is 15.2. The number of aromatic nitrogens is 5. The SMILES string of the molecule is CN(C)c1ncc(CN2CCCC(c3ccc4cn[nH]c4n3)C2)cn1. The number of aromatic amines is 1. The number of pyridine rings is 1.